The van der Waals surface area contributed by atoms with Gasteiger partial charge in [0, 0.05) is 12.1 Å². The summed E-state index contributed by atoms with van der Waals surface area (Å²) < 4.78 is 35.6. The fourth-order valence-corrected chi connectivity index (χ4v) is 4.54. The highest BCUT2D eigenvalue weighted by molar-refractivity contribution is 7.88. The molecule has 3 atom stereocenters. The van der Waals surface area contributed by atoms with Crippen molar-refractivity contribution < 1.29 is 13.2 Å². The van der Waals surface area contributed by atoms with Gasteiger partial charge >= 0.3 is 10.2 Å². The molecule has 0 radical (unpaired) electrons. The van der Waals surface area contributed by atoms with E-state index in [-0.39, 0.29) is 12.3 Å². The molecule has 3 rings (SSSR count). The average molecular weight is 378 g/mol. The van der Waals surface area contributed by atoms with Gasteiger partial charge in [-0.2, -0.15) is 8.42 Å². The first-order valence-corrected chi connectivity index (χ1v) is 10.6. The van der Waals surface area contributed by atoms with Crippen LogP contribution in [-0.2, 0) is 21.4 Å². The lowest BCUT2D eigenvalue weighted by molar-refractivity contribution is -0.0419. The Hall–Kier alpha value is -1.70. The van der Waals surface area contributed by atoms with E-state index < -0.39 is 10.2 Å². The Morgan fingerprint density at radius 3 is 2.81 bits per heavy atom. The molecule has 2 aliphatic heterocycles. The van der Waals surface area contributed by atoms with Gasteiger partial charge in [0.15, 0.2) is 0 Å². The van der Waals surface area contributed by atoms with E-state index in [2.05, 4.69) is 38.7 Å². The Labute approximate surface area is 155 Å². The Morgan fingerprint density at radius 1 is 1.31 bits per heavy atom. The maximum absolute atomic E-state index is 11.7. The normalized spacial score (nSPS) is 26.4. The first kappa shape index (κ1) is 19.1. The molecule has 6 nitrogen and oxygen atoms in total. The highest BCUT2D eigenvalue weighted by atomic mass is 32.2. The summed E-state index contributed by atoms with van der Waals surface area (Å²) in [7, 11) is -3.60. The Kier molecular flexibility index (Phi) is 6.11. The van der Waals surface area contributed by atoms with Crippen LogP contribution >= 0.6 is 0 Å². The number of ether oxygens (including phenoxy) is 1. The fraction of sp³-hybridized carbons (Fsp3) is 0.526. The van der Waals surface area contributed by atoms with E-state index in [0.717, 1.165) is 25.8 Å². The van der Waals surface area contributed by atoms with Crippen LogP contribution in [0.4, 0.5) is 0 Å². The van der Waals surface area contributed by atoms with E-state index in [4.69, 9.17) is 4.74 Å². The lowest BCUT2D eigenvalue weighted by atomic mass is 9.90. The van der Waals surface area contributed by atoms with Crippen molar-refractivity contribution in [3.8, 4) is 0 Å². The lowest BCUT2D eigenvalue weighted by Gasteiger charge is -2.32. The molecule has 2 aliphatic rings. The summed E-state index contributed by atoms with van der Waals surface area (Å²) in [6.07, 6.45) is 5.28. The molecule has 0 bridgehead atoms. The summed E-state index contributed by atoms with van der Waals surface area (Å²) in [5, 5.41) is 3.42. The SMILES string of the molecule is CC1=CC(CC(C)OC2CC(Cc3ccccc3)CCN2)=NS(=O)(=O)N1. The molecule has 0 amide bonds. The molecule has 1 aromatic carbocycles. The largest absolute Gasteiger partial charge is 0.360 e. The monoisotopic (exact) mass is 377 g/mol. The Bertz CT molecular complexity index is 774. The first-order chi connectivity index (χ1) is 12.4. The Morgan fingerprint density at radius 2 is 2.08 bits per heavy atom. The average Bonchev–Trinajstić information content (AvgIpc) is 2.54. The third-order valence-corrected chi connectivity index (χ3v) is 5.70. The van der Waals surface area contributed by atoms with Crippen molar-refractivity contribution in [2.45, 2.75) is 51.9 Å². The van der Waals surface area contributed by atoms with E-state index in [1.807, 2.05) is 13.0 Å². The van der Waals surface area contributed by atoms with Gasteiger partial charge in [0.05, 0.1) is 11.8 Å². The summed E-state index contributed by atoms with van der Waals surface area (Å²) in [4.78, 5) is 0. The standard InChI is InChI=1S/C19H27N3O3S/c1-14-10-18(22-26(23,24)21-14)11-15(2)25-19-13-17(8-9-20-19)12-16-6-4-3-5-7-16/h3-7,10,15,17,19-21H,8-9,11-13H2,1-2H3. The molecule has 0 aromatic heterocycles. The van der Waals surface area contributed by atoms with Crippen molar-refractivity contribution >= 4 is 15.9 Å². The van der Waals surface area contributed by atoms with Gasteiger partial charge in [0.2, 0.25) is 0 Å². The summed E-state index contributed by atoms with van der Waals surface area (Å²) in [6.45, 7) is 4.62. The van der Waals surface area contributed by atoms with Crippen LogP contribution < -0.4 is 10.0 Å². The van der Waals surface area contributed by atoms with Crippen LogP contribution in [0.15, 0.2) is 46.5 Å². The molecule has 0 saturated carbocycles. The molecular weight excluding hydrogens is 350 g/mol. The predicted octanol–water partition coefficient (Wildman–Crippen LogP) is 2.54. The smallest absolute Gasteiger partial charge is 0.342 e. The second-order valence-electron chi connectivity index (χ2n) is 7.16. The summed E-state index contributed by atoms with van der Waals surface area (Å²) in [6, 6.07) is 10.5. The number of nitrogens with one attached hydrogen (secondary N) is 2. The predicted molar refractivity (Wildman–Crippen MR) is 103 cm³/mol. The minimum absolute atomic E-state index is 0.00328. The molecule has 0 spiro atoms. The third-order valence-electron chi connectivity index (χ3n) is 4.64. The third kappa shape index (κ3) is 5.65. The van der Waals surface area contributed by atoms with Crippen LogP contribution in [0.1, 0.15) is 38.7 Å². The number of hydrogen-bond donors (Lipinski definition) is 2. The van der Waals surface area contributed by atoms with Crippen LogP contribution in [0.25, 0.3) is 0 Å². The van der Waals surface area contributed by atoms with Crippen LogP contribution in [0.3, 0.4) is 0 Å². The molecule has 1 saturated heterocycles. The van der Waals surface area contributed by atoms with Crippen LogP contribution in [-0.4, -0.2) is 33.0 Å². The first-order valence-electron chi connectivity index (χ1n) is 9.12. The van der Waals surface area contributed by atoms with Crippen molar-refractivity contribution in [2.24, 2.45) is 10.3 Å². The van der Waals surface area contributed by atoms with Gasteiger partial charge in [0.25, 0.3) is 0 Å². The second-order valence-corrected chi connectivity index (χ2v) is 8.50. The summed E-state index contributed by atoms with van der Waals surface area (Å²) in [5.41, 5.74) is 2.48. The van der Waals surface area contributed by atoms with Gasteiger partial charge < -0.3 is 4.74 Å². The molecule has 1 fully saturated rings. The molecule has 3 unspecified atom stereocenters. The van der Waals surface area contributed by atoms with Crippen LogP contribution in [0.2, 0.25) is 0 Å². The van der Waals surface area contributed by atoms with Gasteiger partial charge in [-0.1, -0.05) is 30.3 Å². The summed E-state index contributed by atoms with van der Waals surface area (Å²) in [5.74, 6) is 0.592. The topological polar surface area (TPSA) is 79.8 Å². The molecular formula is C19H27N3O3S. The van der Waals surface area contributed by atoms with Crippen molar-refractivity contribution in [3.63, 3.8) is 0 Å². The number of allylic oxidation sites excluding steroid dienone is 2. The van der Waals surface area contributed by atoms with Crippen LogP contribution in [0.5, 0.6) is 0 Å². The van der Waals surface area contributed by atoms with E-state index >= 15 is 0 Å². The number of benzene rings is 1. The number of hydrogen-bond acceptors (Lipinski definition) is 4. The van der Waals surface area contributed by atoms with Crippen LogP contribution in [0, 0.1) is 5.92 Å². The highest BCUT2D eigenvalue weighted by Gasteiger charge is 2.25. The van der Waals surface area contributed by atoms with Gasteiger partial charge in [-0.25, -0.2) is 0 Å². The zero-order chi connectivity index (χ0) is 18.6. The second kappa shape index (κ2) is 8.33. The maximum Gasteiger partial charge on any atom is 0.342 e. The van der Waals surface area contributed by atoms with Crippen molar-refractivity contribution in [1.82, 2.24) is 10.0 Å². The van der Waals surface area contributed by atoms with Gasteiger partial charge in [-0.05, 0) is 57.2 Å². The number of rotatable bonds is 6. The maximum atomic E-state index is 11.7. The molecule has 1 aromatic rings. The highest BCUT2D eigenvalue weighted by Crippen LogP contribution is 2.23. The molecule has 2 heterocycles. The quantitative estimate of drug-likeness (QED) is 0.798. The van der Waals surface area contributed by atoms with E-state index in [9.17, 15) is 8.42 Å². The zero-order valence-electron chi connectivity index (χ0n) is 15.3. The molecule has 7 heteroatoms. The van der Waals surface area contributed by atoms with Gasteiger partial charge in [-0.3, -0.25) is 10.0 Å². The van der Waals surface area contributed by atoms with Crippen molar-refractivity contribution in [2.75, 3.05) is 6.54 Å². The molecule has 2 N–H and O–H groups in total. The zero-order valence-corrected chi connectivity index (χ0v) is 16.1. The minimum Gasteiger partial charge on any atom is -0.360 e. The van der Waals surface area contributed by atoms with Gasteiger partial charge in [0.1, 0.15) is 6.23 Å². The minimum atomic E-state index is -3.60. The number of nitrogens with zero attached hydrogens (tertiary/aromatic N) is 1. The number of piperidine rings is 1. The van der Waals surface area contributed by atoms with E-state index in [1.54, 1.807) is 13.0 Å². The molecule has 142 valence electrons. The van der Waals surface area contributed by atoms with Gasteiger partial charge in [-0.15, -0.1) is 4.40 Å². The fourth-order valence-electron chi connectivity index (χ4n) is 3.59. The molecule has 0 aliphatic carbocycles. The van der Waals surface area contributed by atoms with Crippen molar-refractivity contribution in [1.29, 1.82) is 0 Å². The van der Waals surface area contributed by atoms with E-state index in [0.29, 0.717) is 23.7 Å². The Balaban J connectivity index is 1.52. The van der Waals surface area contributed by atoms with E-state index in [1.165, 1.54) is 5.56 Å². The van der Waals surface area contributed by atoms with Crippen molar-refractivity contribution in [3.05, 3.63) is 47.7 Å². The lowest BCUT2D eigenvalue weighted by Crippen LogP contribution is -2.42. The summed E-state index contributed by atoms with van der Waals surface area (Å²) >= 11 is 0. The molecule has 26 heavy (non-hydrogen) atoms.